The molecule has 0 N–H and O–H groups in total. The van der Waals surface area contributed by atoms with Crippen molar-refractivity contribution in [2.24, 2.45) is 0 Å². The minimum atomic E-state index is 0.916. The van der Waals surface area contributed by atoms with Crippen LogP contribution in [0.3, 0.4) is 0 Å². The highest BCUT2D eigenvalue weighted by Gasteiger charge is 2.20. The summed E-state index contributed by atoms with van der Waals surface area (Å²) in [6.45, 7) is 0. The molecule has 5 heterocycles. The van der Waals surface area contributed by atoms with E-state index in [1.165, 1.54) is 43.6 Å². The standard InChI is InChI=1S/C52H31N5/c1-6-18-43-33(13-1)29-42-51(53-43)41-26-25-32(30-50(41)57-49-24-12-7-19-44(49)54-52(42)57)34-27-35(55-45-20-8-2-14-37(45)38-15-3-9-21-46(38)55)31-36(28-34)56-47-22-10-4-16-39(47)40-17-5-11-23-48(40)56/h1-31H. The summed E-state index contributed by atoms with van der Waals surface area (Å²) < 4.78 is 7.19. The molecule has 0 radical (unpaired) electrons. The molecule has 0 atom stereocenters. The van der Waals surface area contributed by atoms with Crippen LogP contribution in [0.15, 0.2) is 188 Å². The molecule has 5 aromatic heterocycles. The molecule has 13 aromatic rings. The van der Waals surface area contributed by atoms with E-state index in [1.807, 2.05) is 0 Å². The molecular weight excluding hydrogens is 695 g/mol. The molecule has 0 aliphatic heterocycles. The van der Waals surface area contributed by atoms with Crippen LogP contribution in [0, 0.1) is 0 Å². The van der Waals surface area contributed by atoms with Gasteiger partial charge in [-0.25, -0.2) is 9.97 Å². The van der Waals surface area contributed by atoms with Crippen molar-refractivity contribution >= 4 is 93.0 Å². The first kappa shape index (κ1) is 30.6. The van der Waals surface area contributed by atoms with Crippen molar-refractivity contribution in [1.29, 1.82) is 0 Å². The van der Waals surface area contributed by atoms with E-state index in [0.29, 0.717) is 0 Å². The van der Waals surface area contributed by atoms with Gasteiger partial charge >= 0.3 is 0 Å². The second kappa shape index (κ2) is 11.4. The monoisotopic (exact) mass is 725 g/mol. The van der Waals surface area contributed by atoms with Gasteiger partial charge in [-0.05, 0) is 83.9 Å². The minimum absolute atomic E-state index is 0.916. The summed E-state index contributed by atoms with van der Waals surface area (Å²) >= 11 is 0. The average Bonchev–Trinajstić information content (AvgIpc) is 3.94. The van der Waals surface area contributed by atoms with E-state index >= 15 is 0 Å². The van der Waals surface area contributed by atoms with Crippen molar-refractivity contribution in [2.45, 2.75) is 0 Å². The molecule has 5 heteroatoms. The van der Waals surface area contributed by atoms with Crippen LogP contribution < -0.4 is 0 Å². The Morgan fingerprint density at radius 1 is 0.316 bits per heavy atom. The summed E-state index contributed by atoms with van der Waals surface area (Å²) in [6, 6.07) is 68.0. The van der Waals surface area contributed by atoms with Crippen molar-refractivity contribution in [3.05, 3.63) is 188 Å². The Kier molecular flexibility index (Phi) is 6.10. The Morgan fingerprint density at radius 3 is 1.42 bits per heavy atom. The van der Waals surface area contributed by atoms with Crippen LogP contribution in [0.1, 0.15) is 0 Å². The van der Waals surface area contributed by atoms with E-state index in [0.717, 1.165) is 71.9 Å². The number of benzene rings is 8. The Bertz CT molecular complexity index is 3590. The number of nitrogens with zero attached hydrogens (tertiary/aromatic N) is 5. The summed E-state index contributed by atoms with van der Waals surface area (Å²) in [5.41, 5.74) is 15.1. The quantitative estimate of drug-likeness (QED) is 0.134. The molecule has 0 aliphatic carbocycles. The Hall–Kier alpha value is -7.76. The Morgan fingerprint density at radius 2 is 0.825 bits per heavy atom. The minimum Gasteiger partial charge on any atom is -0.309 e. The normalized spacial score (nSPS) is 12.2. The fourth-order valence-electron chi connectivity index (χ4n) is 9.46. The first-order valence-electron chi connectivity index (χ1n) is 19.4. The number of hydrogen-bond donors (Lipinski definition) is 0. The van der Waals surface area contributed by atoms with Crippen molar-refractivity contribution in [2.75, 3.05) is 0 Å². The molecule has 0 saturated heterocycles. The maximum absolute atomic E-state index is 5.28. The second-order valence-electron chi connectivity index (χ2n) is 15.0. The topological polar surface area (TPSA) is 40.0 Å². The third-order valence-corrected chi connectivity index (χ3v) is 11.9. The van der Waals surface area contributed by atoms with Gasteiger partial charge in [-0.3, -0.25) is 4.40 Å². The number of hydrogen-bond acceptors (Lipinski definition) is 2. The van der Waals surface area contributed by atoms with Crippen LogP contribution in [0.4, 0.5) is 0 Å². The predicted octanol–water partition coefficient (Wildman–Crippen LogP) is 13.2. The van der Waals surface area contributed by atoms with E-state index in [1.54, 1.807) is 0 Å². The SMILES string of the molecule is c1ccc2nc3c4ccc(-c5cc(-n6c7ccccc7c7ccccc76)cc(-n6c7ccccc7c7ccccc76)c5)cc4n4c5ccccc5nc4c3cc2c1. The van der Waals surface area contributed by atoms with Crippen LogP contribution in [-0.4, -0.2) is 23.5 Å². The summed E-state index contributed by atoms with van der Waals surface area (Å²) in [5, 5.41) is 8.21. The average molecular weight is 726 g/mol. The number of pyridine rings is 2. The van der Waals surface area contributed by atoms with Gasteiger partial charge in [0.05, 0.1) is 49.7 Å². The zero-order valence-corrected chi connectivity index (χ0v) is 30.6. The number of aromatic nitrogens is 5. The smallest absolute Gasteiger partial charge is 0.147 e. The summed E-state index contributed by atoms with van der Waals surface area (Å²) in [6.07, 6.45) is 0. The lowest BCUT2D eigenvalue weighted by Gasteiger charge is -2.17. The molecule has 0 bridgehead atoms. The van der Waals surface area contributed by atoms with E-state index in [2.05, 4.69) is 202 Å². The third kappa shape index (κ3) is 4.28. The fraction of sp³-hybridized carbons (Fsp3) is 0. The zero-order valence-electron chi connectivity index (χ0n) is 30.6. The van der Waals surface area contributed by atoms with Crippen molar-refractivity contribution in [3.63, 3.8) is 0 Å². The van der Waals surface area contributed by atoms with Crippen molar-refractivity contribution in [3.8, 4) is 22.5 Å². The van der Waals surface area contributed by atoms with Crippen molar-refractivity contribution in [1.82, 2.24) is 23.5 Å². The van der Waals surface area contributed by atoms with E-state index in [9.17, 15) is 0 Å². The van der Waals surface area contributed by atoms with E-state index < -0.39 is 0 Å². The first-order valence-corrected chi connectivity index (χ1v) is 19.4. The van der Waals surface area contributed by atoms with E-state index in [-0.39, 0.29) is 0 Å². The molecule has 0 unspecified atom stereocenters. The molecular formula is C52H31N5. The van der Waals surface area contributed by atoms with Gasteiger partial charge in [-0.15, -0.1) is 0 Å². The maximum Gasteiger partial charge on any atom is 0.147 e. The molecule has 13 rings (SSSR count). The Labute approximate surface area is 325 Å². The van der Waals surface area contributed by atoms with Gasteiger partial charge < -0.3 is 9.13 Å². The lowest BCUT2D eigenvalue weighted by Crippen LogP contribution is -2.00. The number of para-hydroxylation sites is 7. The number of rotatable bonds is 3. The van der Waals surface area contributed by atoms with Gasteiger partial charge in [0.1, 0.15) is 5.65 Å². The molecule has 0 amide bonds. The largest absolute Gasteiger partial charge is 0.309 e. The highest BCUT2D eigenvalue weighted by atomic mass is 15.0. The zero-order chi connectivity index (χ0) is 37.2. The van der Waals surface area contributed by atoms with Crippen LogP contribution in [0.25, 0.3) is 116 Å². The maximum atomic E-state index is 5.28. The second-order valence-corrected chi connectivity index (χ2v) is 15.0. The lowest BCUT2D eigenvalue weighted by molar-refractivity contribution is 1.13. The molecule has 0 aliphatic rings. The molecule has 0 fully saturated rings. The molecule has 57 heavy (non-hydrogen) atoms. The van der Waals surface area contributed by atoms with Gasteiger partial charge in [0, 0.05) is 49.1 Å². The first-order chi connectivity index (χ1) is 28.3. The van der Waals surface area contributed by atoms with Gasteiger partial charge in [0.15, 0.2) is 0 Å². The highest BCUT2D eigenvalue weighted by molar-refractivity contribution is 6.15. The Balaban J connectivity index is 1.16. The van der Waals surface area contributed by atoms with Gasteiger partial charge in [0.25, 0.3) is 0 Å². The third-order valence-electron chi connectivity index (χ3n) is 11.9. The molecule has 0 spiro atoms. The summed E-state index contributed by atoms with van der Waals surface area (Å²) in [7, 11) is 0. The number of fused-ring (bicyclic) bond motifs is 15. The van der Waals surface area contributed by atoms with Gasteiger partial charge in [-0.2, -0.15) is 0 Å². The number of imidazole rings is 1. The fourth-order valence-corrected chi connectivity index (χ4v) is 9.46. The summed E-state index contributed by atoms with van der Waals surface area (Å²) in [4.78, 5) is 10.5. The molecule has 8 aromatic carbocycles. The lowest BCUT2D eigenvalue weighted by atomic mass is 10.00. The molecule has 5 nitrogen and oxygen atoms in total. The van der Waals surface area contributed by atoms with Gasteiger partial charge in [0.2, 0.25) is 0 Å². The van der Waals surface area contributed by atoms with E-state index in [4.69, 9.17) is 9.97 Å². The van der Waals surface area contributed by atoms with Crippen LogP contribution in [0.5, 0.6) is 0 Å². The van der Waals surface area contributed by atoms with Crippen LogP contribution >= 0.6 is 0 Å². The predicted molar refractivity (Wildman–Crippen MR) is 237 cm³/mol. The molecule has 0 saturated carbocycles. The highest BCUT2D eigenvalue weighted by Crippen LogP contribution is 2.40. The summed E-state index contributed by atoms with van der Waals surface area (Å²) in [5.74, 6) is 0. The van der Waals surface area contributed by atoms with Gasteiger partial charge in [-0.1, -0.05) is 115 Å². The van der Waals surface area contributed by atoms with Crippen molar-refractivity contribution < 1.29 is 0 Å². The van der Waals surface area contributed by atoms with Crippen LogP contribution in [0.2, 0.25) is 0 Å². The molecule has 264 valence electrons. The van der Waals surface area contributed by atoms with Crippen LogP contribution in [-0.2, 0) is 0 Å².